The Morgan fingerprint density at radius 3 is 2.53 bits per heavy atom. The largest absolute Gasteiger partial charge is 0.481 e. The van der Waals surface area contributed by atoms with Gasteiger partial charge >= 0.3 is 5.97 Å². The van der Waals surface area contributed by atoms with Crippen LogP contribution in [0.5, 0.6) is 0 Å². The van der Waals surface area contributed by atoms with Crippen LogP contribution in [0.15, 0.2) is 12.1 Å². The van der Waals surface area contributed by atoms with Crippen molar-refractivity contribution < 1.29 is 14.8 Å². The van der Waals surface area contributed by atoms with E-state index in [1.165, 1.54) is 6.07 Å². The summed E-state index contributed by atoms with van der Waals surface area (Å²) in [6, 6.07) is 3.11. The maximum atomic E-state index is 10.7. The number of carboxylic acid groups (broad SMARTS) is 1. The second-order valence-corrected chi connectivity index (χ2v) is 3.40. The normalized spacial score (nSPS) is 10.0. The van der Waals surface area contributed by atoms with E-state index < -0.39 is 10.9 Å². The van der Waals surface area contributed by atoms with Crippen molar-refractivity contribution in [3.8, 4) is 0 Å². The average molecular weight is 209 g/mol. The maximum Gasteiger partial charge on any atom is 0.307 e. The van der Waals surface area contributed by atoms with E-state index in [1.54, 1.807) is 19.9 Å². The number of nitro groups is 1. The molecular weight excluding hydrogens is 198 g/mol. The summed E-state index contributed by atoms with van der Waals surface area (Å²) >= 11 is 0. The van der Waals surface area contributed by atoms with Gasteiger partial charge in [-0.1, -0.05) is 6.07 Å². The number of aryl methyl sites for hydroxylation is 1. The highest BCUT2D eigenvalue weighted by atomic mass is 16.6. The first kappa shape index (κ1) is 11.2. The van der Waals surface area contributed by atoms with Crippen molar-refractivity contribution >= 4 is 11.7 Å². The zero-order valence-electron chi connectivity index (χ0n) is 8.48. The van der Waals surface area contributed by atoms with Crippen molar-refractivity contribution in [2.24, 2.45) is 0 Å². The Morgan fingerprint density at radius 1 is 1.47 bits per heavy atom. The topological polar surface area (TPSA) is 80.4 Å². The first-order valence-corrected chi connectivity index (χ1v) is 4.38. The molecule has 0 saturated heterocycles. The highest BCUT2D eigenvalue weighted by molar-refractivity contribution is 5.71. The van der Waals surface area contributed by atoms with Crippen molar-refractivity contribution in [2.45, 2.75) is 20.3 Å². The molecule has 5 nitrogen and oxygen atoms in total. The van der Waals surface area contributed by atoms with Crippen molar-refractivity contribution in [3.05, 3.63) is 38.9 Å². The molecule has 1 aromatic rings. The Balaban J connectivity index is 3.28. The minimum absolute atomic E-state index is 0.0220. The Labute approximate surface area is 86.5 Å². The molecule has 1 aromatic carbocycles. The van der Waals surface area contributed by atoms with Crippen molar-refractivity contribution in [1.82, 2.24) is 0 Å². The van der Waals surface area contributed by atoms with E-state index in [1.807, 2.05) is 0 Å². The van der Waals surface area contributed by atoms with Gasteiger partial charge in [-0.2, -0.15) is 0 Å². The van der Waals surface area contributed by atoms with Crippen LogP contribution in [-0.2, 0) is 11.2 Å². The van der Waals surface area contributed by atoms with Crippen LogP contribution in [0.3, 0.4) is 0 Å². The van der Waals surface area contributed by atoms with Gasteiger partial charge in [0.1, 0.15) is 0 Å². The lowest BCUT2D eigenvalue weighted by Gasteiger charge is -2.05. The fraction of sp³-hybridized carbons (Fsp3) is 0.300. The fourth-order valence-electron chi connectivity index (χ4n) is 1.45. The summed E-state index contributed by atoms with van der Waals surface area (Å²) < 4.78 is 0. The summed E-state index contributed by atoms with van der Waals surface area (Å²) in [6.45, 7) is 3.27. The van der Waals surface area contributed by atoms with Gasteiger partial charge in [-0.3, -0.25) is 14.9 Å². The highest BCUT2D eigenvalue weighted by Gasteiger charge is 2.16. The third-order valence-electron chi connectivity index (χ3n) is 2.17. The number of carboxylic acids is 1. The minimum atomic E-state index is -0.988. The number of rotatable bonds is 3. The van der Waals surface area contributed by atoms with E-state index in [9.17, 15) is 14.9 Å². The minimum Gasteiger partial charge on any atom is -0.481 e. The van der Waals surface area contributed by atoms with Crippen LogP contribution in [0.2, 0.25) is 0 Å². The molecule has 0 aliphatic rings. The van der Waals surface area contributed by atoms with Gasteiger partial charge in [-0.15, -0.1) is 0 Å². The number of benzene rings is 1. The molecule has 0 spiro atoms. The molecule has 5 heteroatoms. The third kappa shape index (κ3) is 2.52. The number of hydrogen-bond donors (Lipinski definition) is 1. The Hall–Kier alpha value is -1.91. The summed E-state index contributed by atoms with van der Waals surface area (Å²) in [5.41, 5.74) is 1.59. The maximum absolute atomic E-state index is 10.7. The molecular formula is C10H11NO4. The molecule has 0 aromatic heterocycles. The lowest BCUT2D eigenvalue weighted by molar-refractivity contribution is -0.385. The van der Waals surface area contributed by atoms with Gasteiger partial charge < -0.3 is 5.11 Å². The van der Waals surface area contributed by atoms with Crippen LogP contribution >= 0.6 is 0 Å². The molecule has 1 N–H and O–H groups in total. The molecule has 80 valence electrons. The summed E-state index contributed by atoms with van der Waals surface area (Å²) in [5, 5.41) is 19.3. The molecule has 0 aliphatic carbocycles. The molecule has 0 atom stereocenters. The zero-order chi connectivity index (χ0) is 11.6. The van der Waals surface area contributed by atoms with E-state index in [4.69, 9.17) is 5.11 Å². The van der Waals surface area contributed by atoms with Crippen LogP contribution < -0.4 is 0 Å². The van der Waals surface area contributed by atoms with Crippen LogP contribution in [0.25, 0.3) is 0 Å². The van der Waals surface area contributed by atoms with Gasteiger partial charge in [0.2, 0.25) is 0 Å². The predicted octanol–water partition coefficient (Wildman–Crippen LogP) is 1.84. The predicted molar refractivity (Wildman–Crippen MR) is 53.9 cm³/mol. The molecule has 0 bridgehead atoms. The van der Waals surface area contributed by atoms with E-state index in [0.717, 1.165) is 0 Å². The highest BCUT2D eigenvalue weighted by Crippen LogP contribution is 2.23. The van der Waals surface area contributed by atoms with Crippen molar-refractivity contribution in [3.63, 3.8) is 0 Å². The van der Waals surface area contributed by atoms with Crippen LogP contribution in [0.1, 0.15) is 16.7 Å². The van der Waals surface area contributed by atoms with Crippen LogP contribution in [0.4, 0.5) is 5.69 Å². The van der Waals surface area contributed by atoms with Gasteiger partial charge in [-0.05, 0) is 25.0 Å². The Morgan fingerprint density at radius 2 is 2.07 bits per heavy atom. The summed E-state index contributed by atoms with van der Waals surface area (Å²) in [7, 11) is 0. The smallest absolute Gasteiger partial charge is 0.307 e. The molecule has 0 radical (unpaired) electrons. The Bertz CT molecular complexity index is 426. The second-order valence-electron chi connectivity index (χ2n) is 3.40. The fourth-order valence-corrected chi connectivity index (χ4v) is 1.45. The molecule has 0 unspecified atom stereocenters. The molecule has 15 heavy (non-hydrogen) atoms. The zero-order valence-corrected chi connectivity index (χ0v) is 8.48. The van der Waals surface area contributed by atoms with E-state index in [-0.39, 0.29) is 12.1 Å². The summed E-state index contributed by atoms with van der Waals surface area (Å²) in [4.78, 5) is 20.7. The summed E-state index contributed by atoms with van der Waals surface area (Å²) in [6.07, 6.45) is -0.186. The second kappa shape index (κ2) is 4.08. The van der Waals surface area contributed by atoms with Gasteiger partial charge in [0, 0.05) is 11.6 Å². The first-order chi connectivity index (χ1) is 6.91. The molecule has 0 aliphatic heterocycles. The van der Waals surface area contributed by atoms with E-state index in [2.05, 4.69) is 0 Å². The Kier molecular flexibility index (Phi) is 3.04. The van der Waals surface area contributed by atoms with E-state index in [0.29, 0.717) is 16.7 Å². The van der Waals surface area contributed by atoms with Gasteiger partial charge in [0.15, 0.2) is 0 Å². The summed E-state index contributed by atoms with van der Waals surface area (Å²) in [5.74, 6) is -0.988. The lowest BCUT2D eigenvalue weighted by atomic mass is 10.0. The quantitative estimate of drug-likeness (QED) is 0.608. The van der Waals surface area contributed by atoms with E-state index >= 15 is 0 Å². The monoisotopic (exact) mass is 209 g/mol. The molecule has 0 amide bonds. The van der Waals surface area contributed by atoms with Gasteiger partial charge in [0.05, 0.1) is 11.3 Å². The molecule has 0 saturated carbocycles. The molecule has 1 rings (SSSR count). The van der Waals surface area contributed by atoms with Gasteiger partial charge in [-0.25, -0.2) is 0 Å². The SMILES string of the molecule is Cc1cc(CC(=O)O)c(C)c([N+](=O)[O-])c1. The number of hydrogen-bond acceptors (Lipinski definition) is 3. The number of aliphatic carboxylic acids is 1. The van der Waals surface area contributed by atoms with Crippen molar-refractivity contribution in [2.75, 3.05) is 0 Å². The number of carbonyl (C=O) groups is 1. The lowest BCUT2D eigenvalue weighted by Crippen LogP contribution is -2.04. The van der Waals surface area contributed by atoms with Gasteiger partial charge in [0.25, 0.3) is 5.69 Å². The standard InChI is InChI=1S/C10H11NO4/c1-6-3-8(5-10(12)13)7(2)9(4-6)11(14)15/h3-4H,5H2,1-2H3,(H,12,13). The third-order valence-corrected chi connectivity index (χ3v) is 2.17. The molecule has 0 heterocycles. The average Bonchev–Trinajstić information content (AvgIpc) is 2.09. The van der Waals surface area contributed by atoms with Crippen molar-refractivity contribution in [1.29, 1.82) is 0 Å². The first-order valence-electron chi connectivity index (χ1n) is 4.38. The number of nitro benzene ring substituents is 1. The molecule has 0 fully saturated rings. The number of nitrogens with zero attached hydrogens (tertiary/aromatic N) is 1. The van der Waals surface area contributed by atoms with Crippen LogP contribution in [0, 0.1) is 24.0 Å². The van der Waals surface area contributed by atoms with Crippen LogP contribution in [-0.4, -0.2) is 16.0 Å².